The Balaban J connectivity index is 2.56. The zero-order chi connectivity index (χ0) is 20.6. The Hall–Kier alpha value is -2.77. The number of nitrogens with zero attached hydrogens (tertiary/aromatic N) is 3. The third kappa shape index (κ3) is 9.80. The van der Waals surface area contributed by atoms with Gasteiger partial charge in [0.05, 0.1) is 6.61 Å². The second-order valence-corrected chi connectivity index (χ2v) is 6.12. The highest BCUT2D eigenvalue weighted by atomic mass is 16.5. The molecule has 0 radical (unpaired) electrons. The minimum absolute atomic E-state index is 0.204. The first-order valence-corrected chi connectivity index (χ1v) is 9.49. The lowest BCUT2D eigenvalue weighted by molar-refractivity contribution is -0.147. The number of nitrogens with one attached hydrogen (secondary N) is 1. The molecule has 0 fully saturated rings. The number of carbonyl (C=O) groups excluding carboxylic acids is 2. The summed E-state index contributed by atoms with van der Waals surface area (Å²) in [5, 5.41) is 6.21. The van der Waals surface area contributed by atoms with E-state index >= 15 is 0 Å². The Morgan fingerprint density at radius 2 is 2.00 bits per heavy atom. The van der Waals surface area contributed by atoms with E-state index in [1.54, 1.807) is 19.1 Å². The van der Waals surface area contributed by atoms with Crippen molar-refractivity contribution in [3.8, 4) is 5.75 Å². The minimum atomic E-state index is -0.744. The quantitative estimate of drug-likeness (QED) is 0.165. The van der Waals surface area contributed by atoms with Gasteiger partial charge >= 0.3 is 5.97 Å². The summed E-state index contributed by atoms with van der Waals surface area (Å²) < 4.78 is 10.5. The second-order valence-electron chi connectivity index (χ2n) is 6.12. The summed E-state index contributed by atoms with van der Waals surface area (Å²) in [5.41, 5.74) is 14.5. The normalized spacial score (nSPS) is 11.2. The summed E-state index contributed by atoms with van der Waals surface area (Å²) in [7, 11) is 0. The van der Waals surface area contributed by atoms with Crippen molar-refractivity contribution in [1.29, 1.82) is 0 Å². The minimum Gasteiger partial charge on any atom is -0.492 e. The number of amides is 1. The van der Waals surface area contributed by atoms with E-state index in [1.165, 1.54) is 0 Å². The lowest BCUT2D eigenvalue weighted by Gasteiger charge is -2.17. The average molecular weight is 391 g/mol. The summed E-state index contributed by atoms with van der Waals surface area (Å²) in [6.45, 7) is 3.27. The second kappa shape index (κ2) is 14.3. The molecule has 0 unspecified atom stereocenters. The molecular weight excluding hydrogens is 362 g/mol. The van der Waals surface area contributed by atoms with Gasteiger partial charge in [0.15, 0.2) is 0 Å². The molecular formula is C19H29N5O4. The summed E-state index contributed by atoms with van der Waals surface area (Å²) >= 11 is 0. The molecule has 0 aliphatic rings. The highest BCUT2D eigenvalue weighted by Gasteiger charge is 2.22. The van der Waals surface area contributed by atoms with Crippen molar-refractivity contribution in [3.05, 3.63) is 40.3 Å². The van der Waals surface area contributed by atoms with E-state index in [0.717, 1.165) is 18.4 Å². The van der Waals surface area contributed by atoms with Gasteiger partial charge < -0.3 is 20.5 Å². The van der Waals surface area contributed by atoms with Crippen molar-refractivity contribution in [2.45, 2.75) is 45.1 Å². The predicted molar refractivity (Wildman–Crippen MR) is 106 cm³/mol. The van der Waals surface area contributed by atoms with Crippen LogP contribution in [0.4, 0.5) is 0 Å². The summed E-state index contributed by atoms with van der Waals surface area (Å²) in [6.07, 6.45) is 2.81. The van der Waals surface area contributed by atoms with E-state index in [1.807, 2.05) is 12.1 Å². The zero-order valence-corrected chi connectivity index (χ0v) is 16.3. The number of carbonyl (C=O) groups is 2. The van der Waals surface area contributed by atoms with Gasteiger partial charge in [0.1, 0.15) is 18.4 Å². The number of nitrogens with two attached hydrogens (primary N) is 1. The largest absolute Gasteiger partial charge is 0.492 e. The van der Waals surface area contributed by atoms with E-state index in [2.05, 4.69) is 15.3 Å². The Bertz CT molecular complexity index is 644. The lowest BCUT2D eigenvalue weighted by Crippen LogP contribution is -2.43. The predicted octanol–water partition coefficient (Wildman–Crippen LogP) is 2.49. The van der Waals surface area contributed by atoms with E-state index in [9.17, 15) is 9.59 Å². The van der Waals surface area contributed by atoms with Gasteiger partial charge in [-0.15, -0.1) is 0 Å². The molecule has 0 aromatic heterocycles. The van der Waals surface area contributed by atoms with Crippen molar-refractivity contribution in [2.75, 3.05) is 26.3 Å². The zero-order valence-electron chi connectivity index (χ0n) is 16.3. The number of ether oxygens (including phenoxy) is 2. The Morgan fingerprint density at radius 3 is 2.64 bits per heavy atom. The van der Waals surface area contributed by atoms with Gasteiger partial charge in [-0.05, 0) is 43.0 Å². The SMILES string of the molecule is CCOC(=O)[C@H](Cc1ccc(OCCN)cc1)NC(=O)CCCCCN=[N+]=[N-]. The van der Waals surface area contributed by atoms with Gasteiger partial charge in [-0.3, -0.25) is 4.79 Å². The molecule has 1 aromatic carbocycles. The monoisotopic (exact) mass is 391 g/mol. The highest BCUT2D eigenvalue weighted by Crippen LogP contribution is 2.14. The molecule has 28 heavy (non-hydrogen) atoms. The molecule has 3 N–H and O–H groups in total. The highest BCUT2D eigenvalue weighted by molar-refractivity contribution is 5.84. The maximum atomic E-state index is 12.2. The molecule has 0 saturated carbocycles. The van der Waals surface area contributed by atoms with E-state index in [-0.39, 0.29) is 12.5 Å². The van der Waals surface area contributed by atoms with Crippen molar-refractivity contribution in [3.63, 3.8) is 0 Å². The topological polar surface area (TPSA) is 139 Å². The van der Waals surface area contributed by atoms with Crippen LogP contribution < -0.4 is 15.8 Å². The average Bonchev–Trinajstić information content (AvgIpc) is 2.69. The Labute approximate surface area is 165 Å². The smallest absolute Gasteiger partial charge is 0.328 e. The third-order valence-corrected chi connectivity index (χ3v) is 3.88. The van der Waals surface area contributed by atoms with Crippen LogP contribution in [0.2, 0.25) is 0 Å². The number of unbranched alkanes of at least 4 members (excludes halogenated alkanes) is 2. The number of azide groups is 1. The number of hydrogen-bond donors (Lipinski definition) is 2. The lowest BCUT2D eigenvalue weighted by atomic mass is 10.1. The van der Waals surface area contributed by atoms with E-state index < -0.39 is 12.0 Å². The van der Waals surface area contributed by atoms with Crippen molar-refractivity contribution in [2.24, 2.45) is 10.8 Å². The standard InChI is InChI=1S/C19H29N5O4/c1-2-27-19(26)17(23-18(25)6-4-3-5-12-22-24-21)14-15-7-9-16(10-8-15)28-13-11-20/h7-10,17H,2-6,11-14,20H2,1H3,(H,23,25)/t17-/m0/s1. The molecule has 0 bridgehead atoms. The number of benzene rings is 1. The van der Waals surface area contributed by atoms with Crippen LogP contribution in [0.5, 0.6) is 5.75 Å². The van der Waals surface area contributed by atoms with Crippen molar-refractivity contribution < 1.29 is 19.1 Å². The molecule has 0 aliphatic carbocycles. The van der Waals surface area contributed by atoms with Gasteiger partial charge in [0.25, 0.3) is 0 Å². The first-order valence-electron chi connectivity index (χ1n) is 9.49. The molecule has 0 aliphatic heterocycles. The van der Waals surface area contributed by atoms with Crippen LogP contribution in [0, 0.1) is 0 Å². The van der Waals surface area contributed by atoms with Crippen LogP contribution >= 0.6 is 0 Å². The van der Waals surface area contributed by atoms with E-state index in [0.29, 0.717) is 44.7 Å². The molecule has 1 atom stereocenters. The molecule has 1 amide bonds. The fourth-order valence-electron chi connectivity index (χ4n) is 2.53. The molecule has 0 saturated heterocycles. The molecule has 0 heterocycles. The number of esters is 1. The number of hydrogen-bond acceptors (Lipinski definition) is 6. The van der Waals surface area contributed by atoms with Crippen LogP contribution in [0.15, 0.2) is 29.4 Å². The first-order chi connectivity index (χ1) is 13.6. The molecule has 1 aromatic rings. The number of rotatable bonds is 14. The van der Waals surface area contributed by atoms with Crippen molar-refractivity contribution in [1.82, 2.24) is 5.32 Å². The Kier molecular flexibility index (Phi) is 11.9. The van der Waals surface area contributed by atoms with Gasteiger partial charge in [0, 0.05) is 30.8 Å². The van der Waals surface area contributed by atoms with Crippen LogP contribution in [-0.4, -0.2) is 44.2 Å². The third-order valence-electron chi connectivity index (χ3n) is 3.88. The maximum absolute atomic E-state index is 12.2. The van der Waals surface area contributed by atoms with Gasteiger partial charge in [-0.1, -0.05) is 23.7 Å². The summed E-state index contributed by atoms with van der Waals surface area (Å²) in [6, 6.07) is 6.56. The Morgan fingerprint density at radius 1 is 1.25 bits per heavy atom. The molecule has 9 nitrogen and oxygen atoms in total. The van der Waals surface area contributed by atoms with Crippen molar-refractivity contribution >= 4 is 11.9 Å². The first kappa shape index (κ1) is 23.3. The van der Waals surface area contributed by atoms with Gasteiger partial charge in [-0.25, -0.2) is 4.79 Å². The molecule has 0 spiro atoms. The fraction of sp³-hybridized carbons (Fsp3) is 0.579. The van der Waals surface area contributed by atoms with Gasteiger partial charge in [-0.2, -0.15) is 0 Å². The van der Waals surface area contributed by atoms with Crippen LogP contribution in [0.25, 0.3) is 10.4 Å². The maximum Gasteiger partial charge on any atom is 0.328 e. The summed E-state index contributed by atoms with van der Waals surface area (Å²) in [4.78, 5) is 27.1. The van der Waals surface area contributed by atoms with Crippen LogP contribution in [0.1, 0.15) is 38.2 Å². The molecule has 1 rings (SSSR count). The molecule has 154 valence electrons. The van der Waals surface area contributed by atoms with Gasteiger partial charge in [0.2, 0.25) is 5.91 Å². The van der Waals surface area contributed by atoms with Crippen LogP contribution in [-0.2, 0) is 20.7 Å². The van der Waals surface area contributed by atoms with E-state index in [4.69, 9.17) is 20.7 Å². The molecule has 9 heteroatoms. The van der Waals surface area contributed by atoms with Crippen LogP contribution in [0.3, 0.4) is 0 Å². The summed E-state index contributed by atoms with van der Waals surface area (Å²) in [5.74, 6) is 0.0408. The fourth-order valence-corrected chi connectivity index (χ4v) is 2.53.